The van der Waals surface area contributed by atoms with Gasteiger partial charge >= 0.3 is 11.9 Å². The van der Waals surface area contributed by atoms with Crippen LogP contribution >= 0.6 is 0 Å². The van der Waals surface area contributed by atoms with Gasteiger partial charge in [-0.05, 0) is 25.8 Å². The SMILES string of the molecule is C=C(/C=C(C)\C=C(/C)CC)CN(CC(=O)O)CC(=O)O. The Bertz CT molecular complexity index is 419. The van der Waals surface area contributed by atoms with Gasteiger partial charge in [-0.25, -0.2) is 0 Å². The molecule has 0 aliphatic rings. The molecule has 0 aromatic rings. The maximum Gasteiger partial charge on any atom is 0.317 e. The quantitative estimate of drug-likeness (QED) is 0.634. The molecule has 0 saturated carbocycles. The van der Waals surface area contributed by atoms with Crippen LogP contribution in [0.2, 0.25) is 0 Å². The van der Waals surface area contributed by atoms with Crippen molar-refractivity contribution in [3.63, 3.8) is 0 Å². The minimum Gasteiger partial charge on any atom is -0.480 e. The zero-order valence-electron chi connectivity index (χ0n) is 12.3. The van der Waals surface area contributed by atoms with E-state index in [-0.39, 0.29) is 19.6 Å². The van der Waals surface area contributed by atoms with Crippen LogP contribution in [0, 0.1) is 0 Å². The van der Waals surface area contributed by atoms with Crippen LogP contribution in [-0.2, 0) is 9.59 Å². The molecule has 2 N–H and O–H groups in total. The largest absolute Gasteiger partial charge is 0.480 e. The van der Waals surface area contributed by atoms with Crippen molar-refractivity contribution in [1.29, 1.82) is 0 Å². The Morgan fingerprint density at radius 1 is 1.05 bits per heavy atom. The van der Waals surface area contributed by atoms with Crippen LogP contribution in [-0.4, -0.2) is 46.7 Å². The van der Waals surface area contributed by atoms with E-state index < -0.39 is 11.9 Å². The molecule has 0 aliphatic carbocycles. The molecule has 0 saturated heterocycles. The highest BCUT2D eigenvalue weighted by Crippen LogP contribution is 2.08. The van der Waals surface area contributed by atoms with Crippen molar-refractivity contribution < 1.29 is 19.8 Å². The summed E-state index contributed by atoms with van der Waals surface area (Å²) in [6.45, 7) is 9.46. The summed E-state index contributed by atoms with van der Waals surface area (Å²) in [5, 5.41) is 17.5. The average molecular weight is 281 g/mol. The van der Waals surface area contributed by atoms with Gasteiger partial charge < -0.3 is 10.2 Å². The van der Waals surface area contributed by atoms with Crippen LogP contribution in [0.5, 0.6) is 0 Å². The van der Waals surface area contributed by atoms with E-state index in [9.17, 15) is 9.59 Å². The Labute approximate surface area is 119 Å². The predicted octanol–water partition coefficient (Wildman–Crippen LogP) is 2.32. The van der Waals surface area contributed by atoms with Crippen molar-refractivity contribution in [3.8, 4) is 0 Å². The Balaban J connectivity index is 4.70. The van der Waals surface area contributed by atoms with Gasteiger partial charge in [0.25, 0.3) is 0 Å². The summed E-state index contributed by atoms with van der Waals surface area (Å²) < 4.78 is 0. The van der Waals surface area contributed by atoms with E-state index in [0.29, 0.717) is 5.57 Å². The molecule has 0 aromatic heterocycles. The summed E-state index contributed by atoms with van der Waals surface area (Å²) >= 11 is 0. The zero-order chi connectivity index (χ0) is 15.7. The summed E-state index contributed by atoms with van der Waals surface area (Å²) in [6, 6.07) is 0. The number of aliphatic carboxylic acids is 2. The molecule has 0 radical (unpaired) electrons. The third-order valence-corrected chi connectivity index (χ3v) is 2.61. The highest BCUT2D eigenvalue weighted by molar-refractivity contribution is 5.72. The molecular weight excluding hydrogens is 258 g/mol. The van der Waals surface area contributed by atoms with Gasteiger partial charge in [0.1, 0.15) is 0 Å². The fourth-order valence-corrected chi connectivity index (χ4v) is 1.74. The lowest BCUT2D eigenvalue weighted by atomic mass is 10.1. The molecule has 0 spiro atoms. The predicted molar refractivity (Wildman–Crippen MR) is 78.7 cm³/mol. The number of hydrogen-bond acceptors (Lipinski definition) is 3. The molecule has 112 valence electrons. The minimum atomic E-state index is -1.05. The van der Waals surface area contributed by atoms with Crippen LogP contribution < -0.4 is 0 Å². The fraction of sp³-hybridized carbons (Fsp3) is 0.467. The molecule has 0 amide bonds. The Hall–Kier alpha value is -1.88. The van der Waals surface area contributed by atoms with Gasteiger partial charge in [0.15, 0.2) is 0 Å². The van der Waals surface area contributed by atoms with E-state index in [2.05, 4.69) is 13.5 Å². The third kappa shape index (κ3) is 9.10. The monoisotopic (exact) mass is 281 g/mol. The second kappa shape index (κ2) is 9.09. The van der Waals surface area contributed by atoms with Crippen LogP contribution in [0.4, 0.5) is 0 Å². The summed E-state index contributed by atoms with van der Waals surface area (Å²) in [7, 11) is 0. The first-order chi connectivity index (χ1) is 9.24. The lowest BCUT2D eigenvalue weighted by Crippen LogP contribution is -2.35. The molecule has 0 fully saturated rings. The second-order valence-corrected chi connectivity index (χ2v) is 4.82. The highest BCUT2D eigenvalue weighted by atomic mass is 16.4. The summed E-state index contributed by atoms with van der Waals surface area (Å²) in [5.74, 6) is -2.11. The van der Waals surface area contributed by atoms with Crippen molar-refractivity contribution in [3.05, 3.63) is 35.5 Å². The van der Waals surface area contributed by atoms with Crippen molar-refractivity contribution in [2.45, 2.75) is 27.2 Å². The van der Waals surface area contributed by atoms with Crippen LogP contribution in [0.1, 0.15) is 27.2 Å². The van der Waals surface area contributed by atoms with Crippen molar-refractivity contribution in [2.75, 3.05) is 19.6 Å². The van der Waals surface area contributed by atoms with E-state index in [1.165, 1.54) is 10.5 Å². The Morgan fingerprint density at radius 2 is 1.55 bits per heavy atom. The van der Waals surface area contributed by atoms with Gasteiger partial charge in [-0.1, -0.05) is 36.8 Å². The number of allylic oxidation sites excluding steroid dienone is 3. The zero-order valence-corrected chi connectivity index (χ0v) is 12.3. The van der Waals surface area contributed by atoms with Crippen molar-refractivity contribution in [1.82, 2.24) is 4.90 Å². The number of rotatable bonds is 9. The number of carbonyl (C=O) groups is 2. The molecule has 20 heavy (non-hydrogen) atoms. The van der Waals surface area contributed by atoms with Crippen LogP contribution in [0.15, 0.2) is 35.5 Å². The fourth-order valence-electron chi connectivity index (χ4n) is 1.74. The van der Waals surface area contributed by atoms with E-state index >= 15 is 0 Å². The Kier molecular flexibility index (Phi) is 8.24. The van der Waals surface area contributed by atoms with Gasteiger partial charge in [0.05, 0.1) is 13.1 Å². The highest BCUT2D eigenvalue weighted by Gasteiger charge is 2.13. The molecule has 0 bridgehead atoms. The molecule has 5 heteroatoms. The molecule has 5 nitrogen and oxygen atoms in total. The maximum atomic E-state index is 10.7. The van der Waals surface area contributed by atoms with Gasteiger partial charge in [-0.3, -0.25) is 14.5 Å². The van der Waals surface area contributed by atoms with Crippen molar-refractivity contribution >= 4 is 11.9 Å². The number of hydrogen-bond donors (Lipinski definition) is 2. The first-order valence-electron chi connectivity index (χ1n) is 6.43. The third-order valence-electron chi connectivity index (χ3n) is 2.61. The summed E-state index contributed by atoms with van der Waals surface area (Å²) in [6.07, 6.45) is 4.83. The first kappa shape index (κ1) is 18.1. The van der Waals surface area contributed by atoms with Crippen molar-refractivity contribution in [2.24, 2.45) is 0 Å². The molecule has 0 rings (SSSR count). The van der Waals surface area contributed by atoms with E-state index in [0.717, 1.165) is 12.0 Å². The molecule has 0 unspecified atom stereocenters. The smallest absolute Gasteiger partial charge is 0.317 e. The van der Waals surface area contributed by atoms with Crippen LogP contribution in [0.25, 0.3) is 0 Å². The molecule has 0 heterocycles. The topological polar surface area (TPSA) is 77.8 Å². The van der Waals surface area contributed by atoms with Gasteiger partial charge in [-0.2, -0.15) is 0 Å². The lowest BCUT2D eigenvalue weighted by Gasteiger charge is -2.18. The number of carboxylic acid groups (broad SMARTS) is 2. The van der Waals surface area contributed by atoms with E-state index in [1.807, 2.05) is 26.0 Å². The van der Waals surface area contributed by atoms with Gasteiger partial charge in [0, 0.05) is 6.54 Å². The van der Waals surface area contributed by atoms with Gasteiger partial charge in [0.2, 0.25) is 0 Å². The molecular formula is C15H23NO4. The molecule has 0 aliphatic heterocycles. The second-order valence-electron chi connectivity index (χ2n) is 4.82. The minimum absolute atomic E-state index is 0.217. The maximum absolute atomic E-state index is 10.7. The molecule has 0 atom stereocenters. The average Bonchev–Trinajstić information content (AvgIpc) is 2.25. The summed E-state index contributed by atoms with van der Waals surface area (Å²) in [5.41, 5.74) is 2.93. The van der Waals surface area contributed by atoms with Gasteiger partial charge in [-0.15, -0.1) is 0 Å². The Morgan fingerprint density at radius 3 is 1.95 bits per heavy atom. The normalized spacial score (nSPS) is 12.6. The number of carboxylic acids is 2. The van der Waals surface area contributed by atoms with E-state index in [4.69, 9.17) is 10.2 Å². The number of nitrogens with zero attached hydrogens (tertiary/aromatic N) is 1. The first-order valence-corrected chi connectivity index (χ1v) is 6.43. The van der Waals surface area contributed by atoms with Crippen LogP contribution in [0.3, 0.4) is 0 Å². The molecule has 0 aromatic carbocycles. The lowest BCUT2D eigenvalue weighted by molar-refractivity contribution is -0.141. The van der Waals surface area contributed by atoms with E-state index in [1.54, 1.807) is 0 Å². The standard InChI is InChI=1S/C15H23NO4/c1-5-11(2)6-12(3)7-13(4)8-16(9-14(17)18)10-15(19)20/h6-7H,4-5,8-10H2,1-3H3,(H,17,18)(H,19,20)/b11-6+,12-7-. The summed E-state index contributed by atoms with van der Waals surface area (Å²) in [4.78, 5) is 22.7.